The third-order valence-corrected chi connectivity index (χ3v) is 4.84. The van der Waals surface area contributed by atoms with Crippen LogP contribution in [0.5, 0.6) is 0 Å². The molecule has 1 aliphatic heterocycles. The number of non-ortho nitro benzene ring substituents is 1. The van der Waals surface area contributed by atoms with Crippen molar-refractivity contribution < 1.29 is 24.4 Å². The van der Waals surface area contributed by atoms with Gasteiger partial charge >= 0.3 is 11.9 Å². The Morgan fingerprint density at radius 1 is 1.27 bits per heavy atom. The van der Waals surface area contributed by atoms with Crippen LogP contribution in [0.15, 0.2) is 40.7 Å². The van der Waals surface area contributed by atoms with E-state index >= 15 is 0 Å². The molecule has 0 spiro atoms. The van der Waals surface area contributed by atoms with E-state index in [1.165, 1.54) is 25.3 Å². The van der Waals surface area contributed by atoms with E-state index in [-0.39, 0.29) is 27.4 Å². The number of allylic oxidation sites excluding steroid dienone is 2. The number of rotatable bonds is 4. The molecule has 0 amide bonds. The molecule has 9 heteroatoms. The second kappa shape index (κ2) is 7.17. The minimum Gasteiger partial charge on any atom is -0.478 e. The molecule has 0 aliphatic carbocycles. The number of halogens is 1. The van der Waals surface area contributed by atoms with Gasteiger partial charge in [0.1, 0.15) is 0 Å². The van der Waals surface area contributed by atoms with Crippen LogP contribution in [0.25, 0.3) is 0 Å². The number of carbonyl (C=O) groups is 2. The number of nitrogens with zero attached hydrogens (tertiary/aromatic N) is 2. The first kappa shape index (κ1) is 19.5. The zero-order chi connectivity index (χ0) is 19.8. The fraction of sp³-hybridized carbons (Fsp3) is 0.294. The highest BCUT2D eigenvalue weighted by molar-refractivity contribution is 6.31. The Labute approximate surface area is 154 Å². The Balaban J connectivity index is 2.86. The lowest BCUT2D eigenvalue weighted by molar-refractivity contribution is -0.384. The van der Waals surface area contributed by atoms with E-state index in [0.29, 0.717) is 11.4 Å². The van der Waals surface area contributed by atoms with Crippen molar-refractivity contribution in [3.8, 4) is 0 Å². The molecule has 0 radical (unpaired) electrons. The number of methoxy groups -OCH3 is 1. The number of hydrogen-bond donors (Lipinski definition) is 1. The molecule has 0 fully saturated rings. The minimum atomic E-state index is -1.25. The van der Waals surface area contributed by atoms with Gasteiger partial charge in [-0.15, -0.1) is 0 Å². The maximum Gasteiger partial charge on any atom is 0.336 e. The topological polar surface area (TPSA) is 110 Å². The van der Waals surface area contributed by atoms with E-state index in [4.69, 9.17) is 16.3 Å². The first-order valence-electron chi connectivity index (χ1n) is 7.52. The first-order chi connectivity index (χ1) is 12.1. The molecule has 8 nitrogen and oxygen atoms in total. The molecule has 1 aliphatic rings. The van der Waals surface area contributed by atoms with Gasteiger partial charge in [-0.1, -0.05) is 11.6 Å². The van der Waals surface area contributed by atoms with Gasteiger partial charge in [-0.25, -0.2) is 9.59 Å². The normalized spacial score (nSPS) is 17.4. The van der Waals surface area contributed by atoms with Gasteiger partial charge in [-0.3, -0.25) is 10.1 Å². The maximum atomic E-state index is 12.4. The molecule has 0 saturated heterocycles. The average molecular weight is 381 g/mol. The van der Waals surface area contributed by atoms with Crippen LogP contribution < -0.4 is 0 Å². The summed E-state index contributed by atoms with van der Waals surface area (Å²) in [7, 11) is 2.81. The van der Waals surface area contributed by atoms with Crippen LogP contribution in [0.2, 0.25) is 5.02 Å². The van der Waals surface area contributed by atoms with E-state index in [9.17, 15) is 24.8 Å². The Bertz CT molecular complexity index is 874. The summed E-state index contributed by atoms with van der Waals surface area (Å²) in [5.74, 6) is -3.08. The lowest BCUT2D eigenvalue weighted by atomic mass is 9.79. The summed E-state index contributed by atoms with van der Waals surface area (Å²) in [5, 5.41) is 21.0. The van der Waals surface area contributed by atoms with Crippen LogP contribution in [-0.2, 0) is 14.3 Å². The van der Waals surface area contributed by atoms with Crippen LogP contribution >= 0.6 is 11.6 Å². The summed E-state index contributed by atoms with van der Waals surface area (Å²) in [6.45, 7) is 3.24. The number of aliphatic carboxylic acids is 1. The van der Waals surface area contributed by atoms with E-state index in [0.717, 1.165) is 0 Å². The number of benzene rings is 1. The number of carboxylic acid groups (broad SMARTS) is 1. The smallest absolute Gasteiger partial charge is 0.336 e. The molecule has 1 heterocycles. The Morgan fingerprint density at radius 3 is 2.35 bits per heavy atom. The fourth-order valence-corrected chi connectivity index (χ4v) is 3.23. The summed E-state index contributed by atoms with van der Waals surface area (Å²) in [5.41, 5.74) is 0.751. The number of nitro benzene ring substituents is 1. The summed E-state index contributed by atoms with van der Waals surface area (Å²) >= 11 is 6.22. The number of hydrogen-bond acceptors (Lipinski definition) is 6. The molecule has 1 unspecified atom stereocenters. The predicted molar refractivity (Wildman–Crippen MR) is 93.7 cm³/mol. The third kappa shape index (κ3) is 3.15. The molecule has 0 saturated carbocycles. The van der Waals surface area contributed by atoms with Gasteiger partial charge in [0.15, 0.2) is 0 Å². The lowest BCUT2D eigenvalue weighted by Gasteiger charge is -2.35. The SMILES string of the molecule is COC(=O)C1=C(C)N(C)C(C)=C(C(=O)O)C1c1cc([N+](=O)[O-])ccc1Cl. The van der Waals surface area contributed by atoms with Crippen LogP contribution in [0.4, 0.5) is 5.69 Å². The number of ether oxygens (including phenoxy) is 1. The van der Waals surface area contributed by atoms with Gasteiger partial charge in [0, 0.05) is 35.6 Å². The molecule has 0 aromatic heterocycles. The monoisotopic (exact) mass is 380 g/mol. The Kier molecular flexibility index (Phi) is 5.36. The van der Waals surface area contributed by atoms with Crippen molar-refractivity contribution in [3.63, 3.8) is 0 Å². The molecule has 1 aromatic carbocycles. The van der Waals surface area contributed by atoms with Crippen molar-refractivity contribution in [2.45, 2.75) is 19.8 Å². The number of carbonyl (C=O) groups excluding carboxylic acids is 1. The molecule has 0 bridgehead atoms. The van der Waals surface area contributed by atoms with Gasteiger partial charge in [0.05, 0.1) is 29.1 Å². The van der Waals surface area contributed by atoms with Crippen LogP contribution in [-0.4, -0.2) is 41.0 Å². The summed E-state index contributed by atoms with van der Waals surface area (Å²) in [6, 6.07) is 3.71. The van der Waals surface area contributed by atoms with Crippen molar-refractivity contribution in [2.24, 2.45) is 0 Å². The highest BCUT2D eigenvalue weighted by Gasteiger charge is 2.40. The minimum absolute atomic E-state index is 0.0698. The maximum absolute atomic E-state index is 12.4. The van der Waals surface area contributed by atoms with Crippen LogP contribution in [0.1, 0.15) is 25.3 Å². The van der Waals surface area contributed by atoms with Gasteiger partial charge in [-0.05, 0) is 25.5 Å². The summed E-state index contributed by atoms with van der Waals surface area (Å²) in [6.07, 6.45) is 0. The second-order valence-corrected chi connectivity index (χ2v) is 6.16. The Morgan fingerprint density at radius 2 is 1.85 bits per heavy atom. The zero-order valence-corrected chi connectivity index (χ0v) is 15.3. The molecular weight excluding hydrogens is 364 g/mol. The molecule has 1 atom stereocenters. The highest BCUT2D eigenvalue weighted by Crippen LogP contribution is 2.44. The molecule has 138 valence electrons. The van der Waals surface area contributed by atoms with Crippen molar-refractivity contribution >= 4 is 29.2 Å². The molecular formula is C17H17ClN2O6. The van der Waals surface area contributed by atoms with E-state index in [1.807, 2.05) is 0 Å². The molecule has 2 rings (SSSR count). The largest absolute Gasteiger partial charge is 0.478 e. The predicted octanol–water partition coefficient (Wildman–Crippen LogP) is 3.08. The van der Waals surface area contributed by atoms with Crippen molar-refractivity contribution in [1.82, 2.24) is 4.90 Å². The third-order valence-electron chi connectivity index (χ3n) is 4.50. The highest BCUT2D eigenvalue weighted by atomic mass is 35.5. The van der Waals surface area contributed by atoms with Gasteiger partial charge in [-0.2, -0.15) is 0 Å². The fourth-order valence-electron chi connectivity index (χ4n) is 3.01. The summed E-state index contributed by atoms with van der Waals surface area (Å²) < 4.78 is 4.83. The number of nitro groups is 1. The standard InChI is InChI=1S/C17H17ClN2O6/c1-8-13(16(21)22)15(14(17(23)26-4)9(2)19(8)3)11-7-10(20(24)25)5-6-12(11)18/h5-7,15H,1-4H3,(H,21,22). The quantitative estimate of drug-likeness (QED) is 0.485. The van der Waals surface area contributed by atoms with E-state index in [2.05, 4.69) is 0 Å². The van der Waals surface area contributed by atoms with Gasteiger partial charge < -0.3 is 14.7 Å². The number of esters is 1. The van der Waals surface area contributed by atoms with Gasteiger partial charge in [0.2, 0.25) is 0 Å². The van der Waals surface area contributed by atoms with Crippen molar-refractivity contribution in [2.75, 3.05) is 14.2 Å². The Hall–Kier alpha value is -2.87. The van der Waals surface area contributed by atoms with Gasteiger partial charge in [0.25, 0.3) is 5.69 Å². The van der Waals surface area contributed by atoms with Crippen molar-refractivity contribution in [3.05, 3.63) is 61.4 Å². The van der Waals surface area contributed by atoms with Crippen LogP contribution in [0, 0.1) is 10.1 Å². The van der Waals surface area contributed by atoms with E-state index in [1.54, 1.807) is 25.8 Å². The first-order valence-corrected chi connectivity index (χ1v) is 7.90. The number of carboxylic acids is 1. The molecule has 1 N–H and O–H groups in total. The van der Waals surface area contributed by atoms with Crippen LogP contribution in [0.3, 0.4) is 0 Å². The zero-order valence-electron chi connectivity index (χ0n) is 14.6. The van der Waals surface area contributed by atoms with E-state index < -0.39 is 22.8 Å². The second-order valence-electron chi connectivity index (χ2n) is 5.75. The molecule has 26 heavy (non-hydrogen) atoms. The molecule has 1 aromatic rings. The van der Waals surface area contributed by atoms with Crippen molar-refractivity contribution in [1.29, 1.82) is 0 Å². The average Bonchev–Trinajstić information content (AvgIpc) is 2.58. The summed E-state index contributed by atoms with van der Waals surface area (Å²) in [4.78, 5) is 36.5. The lowest BCUT2D eigenvalue weighted by Crippen LogP contribution is -2.32.